The number of aromatic amines is 1. The normalized spacial score (nSPS) is 21.6. The van der Waals surface area contributed by atoms with Crippen LogP contribution < -0.4 is 10.9 Å². The van der Waals surface area contributed by atoms with Gasteiger partial charge in [-0.3, -0.25) is 9.59 Å². The van der Waals surface area contributed by atoms with Crippen LogP contribution in [0.25, 0.3) is 22.2 Å². The summed E-state index contributed by atoms with van der Waals surface area (Å²) in [5.74, 6) is 1.06. The van der Waals surface area contributed by atoms with Gasteiger partial charge in [-0.1, -0.05) is 19.9 Å². The van der Waals surface area contributed by atoms with Crippen molar-refractivity contribution < 1.29 is 4.79 Å². The molecule has 0 spiro atoms. The number of aryl methyl sites for hydroxylation is 2. The summed E-state index contributed by atoms with van der Waals surface area (Å²) >= 11 is 0. The van der Waals surface area contributed by atoms with Gasteiger partial charge in [0.05, 0.1) is 5.69 Å². The van der Waals surface area contributed by atoms with Crippen molar-refractivity contribution in [2.24, 2.45) is 7.05 Å². The topological polar surface area (TPSA) is 70.1 Å². The first-order valence-corrected chi connectivity index (χ1v) is 14.1. The molecule has 1 aromatic carbocycles. The van der Waals surface area contributed by atoms with Gasteiger partial charge in [-0.2, -0.15) is 0 Å². The highest BCUT2D eigenvalue weighted by Gasteiger charge is 2.30. The zero-order valence-corrected chi connectivity index (χ0v) is 23.1. The van der Waals surface area contributed by atoms with Crippen LogP contribution in [0.3, 0.4) is 0 Å². The lowest BCUT2D eigenvalue weighted by molar-refractivity contribution is -0.119. The molecule has 6 nitrogen and oxygen atoms in total. The van der Waals surface area contributed by atoms with Crippen LogP contribution in [0.2, 0.25) is 0 Å². The van der Waals surface area contributed by atoms with Crippen LogP contribution >= 0.6 is 0 Å². The fourth-order valence-corrected chi connectivity index (χ4v) is 6.80. The lowest BCUT2D eigenvalue weighted by Crippen LogP contribution is -2.46. The van der Waals surface area contributed by atoms with E-state index >= 15 is 0 Å². The molecule has 2 aliphatic rings. The van der Waals surface area contributed by atoms with Crippen molar-refractivity contribution in [1.29, 1.82) is 0 Å². The van der Waals surface area contributed by atoms with Crippen LogP contribution in [-0.4, -0.2) is 45.5 Å². The number of pyridine rings is 1. The smallest absolute Gasteiger partial charge is 0.253 e. The van der Waals surface area contributed by atoms with E-state index in [0.717, 1.165) is 42.8 Å². The summed E-state index contributed by atoms with van der Waals surface area (Å²) in [5, 5.41) is 4.42. The summed E-state index contributed by atoms with van der Waals surface area (Å²) in [5.41, 5.74) is 6.98. The second-order valence-electron chi connectivity index (χ2n) is 11.7. The highest BCUT2D eigenvalue weighted by Crippen LogP contribution is 2.39. The van der Waals surface area contributed by atoms with Gasteiger partial charge < -0.3 is 19.8 Å². The van der Waals surface area contributed by atoms with Crippen molar-refractivity contribution in [1.82, 2.24) is 19.8 Å². The van der Waals surface area contributed by atoms with Gasteiger partial charge in [0.1, 0.15) is 0 Å². The van der Waals surface area contributed by atoms with E-state index in [0.29, 0.717) is 23.9 Å². The van der Waals surface area contributed by atoms with E-state index in [-0.39, 0.29) is 11.5 Å². The number of H-pyrrole nitrogens is 1. The van der Waals surface area contributed by atoms with Crippen molar-refractivity contribution in [3.8, 4) is 11.3 Å². The van der Waals surface area contributed by atoms with Crippen LogP contribution in [-0.2, 0) is 11.8 Å². The Labute approximate surface area is 220 Å². The number of nitrogens with zero attached hydrogens (tertiary/aromatic N) is 2. The Hall–Kier alpha value is -2.86. The van der Waals surface area contributed by atoms with E-state index in [4.69, 9.17) is 0 Å². The molecule has 1 aliphatic heterocycles. The number of likely N-dealkylation sites (tertiary alicyclic amines) is 1. The molecule has 6 heteroatoms. The number of benzene rings is 1. The molecular weight excluding hydrogens is 460 g/mol. The van der Waals surface area contributed by atoms with Gasteiger partial charge in [0.2, 0.25) is 5.91 Å². The molecule has 0 radical (unpaired) electrons. The molecule has 1 aliphatic carbocycles. The molecular formula is C31H42N4O2. The third-order valence-corrected chi connectivity index (χ3v) is 8.71. The van der Waals surface area contributed by atoms with E-state index < -0.39 is 0 Å². The Morgan fingerprint density at radius 2 is 1.76 bits per heavy atom. The maximum atomic E-state index is 12.3. The van der Waals surface area contributed by atoms with Gasteiger partial charge >= 0.3 is 0 Å². The monoisotopic (exact) mass is 502 g/mol. The fourth-order valence-electron chi connectivity index (χ4n) is 6.80. The highest BCUT2D eigenvalue weighted by molar-refractivity contribution is 5.92. The van der Waals surface area contributed by atoms with Crippen molar-refractivity contribution in [3.63, 3.8) is 0 Å². The van der Waals surface area contributed by atoms with Gasteiger partial charge in [-0.25, -0.2) is 0 Å². The molecule has 1 saturated carbocycles. The average Bonchev–Trinajstić information content (AvgIpc) is 3.26. The van der Waals surface area contributed by atoms with E-state index in [2.05, 4.69) is 47.2 Å². The molecule has 3 heterocycles. The van der Waals surface area contributed by atoms with Crippen LogP contribution in [0, 0.1) is 6.92 Å². The minimum absolute atomic E-state index is 0.0559. The third-order valence-electron chi connectivity index (χ3n) is 8.71. The van der Waals surface area contributed by atoms with Crippen LogP contribution in [0.4, 0.5) is 0 Å². The van der Waals surface area contributed by atoms with Crippen molar-refractivity contribution in [3.05, 3.63) is 57.5 Å². The molecule has 0 unspecified atom stereocenters. The number of carbonyl (C=O) groups is 1. The molecule has 3 aromatic rings. The van der Waals surface area contributed by atoms with Crippen LogP contribution in [0.5, 0.6) is 0 Å². The SMILES string of the molecule is CC(=O)NC1CCC(N2CCC(c3ccc4[nH]c(-c5cc(C)c(=O)n(C)c5)c(C(C)C)c4c3)CC2)CC1. The Morgan fingerprint density at radius 3 is 2.38 bits per heavy atom. The van der Waals surface area contributed by atoms with Crippen LogP contribution in [0.1, 0.15) is 87.8 Å². The Balaban J connectivity index is 1.33. The number of fused-ring (bicyclic) bond motifs is 1. The predicted molar refractivity (Wildman–Crippen MR) is 151 cm³/mol. The van der Waals surface area contributed by atoms with E-state index in [1.165, 1.54) is 47.7 Å². The first kappa shape index (κ1) is 25.8. The van der Waals surface area contributed by atoms with Gasteiger partial charge in [0, 0.05) is 54.3 Å². The number of hydrogen-bond donors (Lipinski definition) is 2. The van der Waals surface area contributed by atoms with Crippen molar-refractivity contribution in [2.75, 3.05) is 13.1 Å². The first-order chi connectivity index (χ1) is 17.7. The van der Waals surface area contributed by atoms with E-state index in [1.807, 2.05) is 26.2 Å². The quantitative estimate of drug-likeness (QED) is 0.478. The molecule has 2 aromatic heterocycles. The summed E-state index contributed by atoms with van der Waals surface area (Å²) in [6.07, 6.45) is 8.93. The maximum absolute atomic E-state index is 12.3. The van der Waals surface area contributed by atoms with Crippen LogP contribution in [0.15, 0.2) is 35.3 Å². The average molecular weight is 503 g/mol. The summed E-state index contributed by atoms with van der Waals surface area (Å²) < 4.78 is 1.69. The number of hydrogen-bond acceptors (Lipinski definition) is 3. The second kappa shape index (κ2) is 10.5. The van der Waals surface area contributed by atoms with E-state index in [1.54, 1.807) is 11.5 Å². The summed E-state index contributed by atoms with van der Waals surface area (Å²) in [7, 11) is 1.83. The fraction of sp³-hybridized carbons (Fsp3) is 0.548. The predicted octanol–water partition coefficient (Wildman–Crippen LogP) is 5.59. The maximum Gasteiger partial charge on any atom is 0.253 e. The zero-order valence-electron chi connectivity index (χ0n) is 23.1. The number of carbonyl (C=O) groups excluding carboxylic acids is 1. The molecule has 198 valence electrons. The molecule has 2 fully saturated rings. The zero-order chi connectivity index (χ0) is 26.3. The first-order valence-electron chi connectivity index (χ1n) is 14.1. The molecule has 2 N–H and O–H groups in total. The summed E-state index contributed by atoms with van der Waals surface area (Å²) in [4.78, 5) is 30.0. The molecule has 0 bridgehead atoms. The number of amides is 1. The largest absolute Gasteiger partial charge is 0.354 e. The standard InChI is InChI=1S/C31H42N4O2/c1-19(2)29-27-17-23(6-11-28(27)33-30(29)24-16-20(3)31(37)34(5)18-24)22-12-14-35(15-13-22)26-9-7-25(8-10-26)32-21(4)36/h6,11,16-19,22,25-26,33H,7-10,12-15H2,1-5H3,(H,32,36). The van der Waals surface area contributed by atoms with Crippen molar-refractivity contribution >= 4 is 16.8 Å². The Morgan fingerprint density at radius 1 is 1.05 bits per heavy atom. The number of nitrogens with one attached hydrogen (secondary N) is 2. The second-order valence-corrected chi connectivity index (χ2v) is 11.7. The molecule has 0 atom stereocenters. The van der Waals surface area contributed by atoms with Crippen molar-refractivity contribution in [2.45, 2.75) is 90.1 Å². The van der Waals surface area contributed by atoms with Gasteiger partial charge in [-0.15, -0.1) is 0 Å². The lowest BCUT2D eigenvalue weighted by Gasteiger charge is -2.41. The molecule has 1 saturated heterocycles. The van der Waals surface area contributed by atoms with Gasteiger partial charge in [0.25, 0.3) is 5.56 Å². The number of rotatable bonds is 5. The minimum Gasteiger partial charge on any atom is -0.354 e. The highest BCUT2D eigenvalue weighted by atomic mass is 16.1. The minimum atomic E-state index is 0.0559. The Kier molecular flexibility index (Phi) is 7.30. The molecule has 5 rings (SSSR count). The van der Waals surface area contributed by atoms with Gasteiger partial charge in [-0.05, 0) is 99.7 Å². The Bertz CT molecular complexity index is 1310. The van der Waals surface area contributed by atoms with E-state index in [9.17, 15) is 9.59 Å². The lowest BCUT2D eigenvalue weighted by atomic mass is 9.85. The number of piperidine rings is 1. The molecule has 1 amide bonds. The number of aromatic nitrogens is 2. The summed E-state index contributed by atoms with van der Waals surface area (Å²) in [6, 6.07) is 10.0. The molecule has 37 heavy (non-hydrogen) atoms. The van der Waals surface area contributed by atoms with Gasteiger partial charge in [0.15, 0.2) is 0 Å². The summed E-state index contributed by atoms with van der Waals surface area (Å²) in [6.45, 7) is 10.3. The third kappa shape index (κ3) is 5.26.